The molecule has 3 amide bonds. The smallest absolute Gasteiger partial charge is 0.247 e. The second-order valence-electron chi connectivity index (χ2n) is 5.76. The summed E-state index contributed by atoms with van der Waals surface area (Å²) >= 11 is 0. The summed E-state index contributed by atoms with van der Waals surface area (Å²) in [5.74, 6) is -1.12. The van der Waals surface area contributed by atoms with Crippen molar-refractivity contribution < 1.29 is 14.4 Å². The van der Waals surface area contributed by atoms with Gasteiger partial charge in [0.1, 0.15) is 12.1 Å². The summed E-state index contributed by atoms with van der Waals surface area (Å²) < 4.78 is 0. The average Bonchev–Trinajstić information content (AvgIpc) is 3.16. The van der Waals surface area contributed by atoms with Gasteiger partial charge in [-0.1, -0.05) is 30.9 Å². The number of amides is 3. The molecule has 26 heavy (non-hydrogen) atoms. The van der Waals surface area contributed by atoms with Crippen molar-refractivity contribution >= 4 is 17.7 Å². The SMILES string of the molecule is C=CC(=O)N1CC=C[C@H]1C(=O)N[C@@H](Cc1ccc(C#N)cc1)C(=O)NC. The van der Waals surface area contributed by atoms with E-state index in [-0.39, 0.29) is 18.2 Å². The fraction of sp³-hybridized carbons (Fsp3) is 0.263. The van der Waals surface area contributed by atoms with Crippen molar-refractivity contribution in [2.24, 2.45) is 0 Å². The molecule has 0 aromatic heterocycles. The van der Waals surface area contributed by atoms with Gasteiger partial charge in [0.2, 0.25) is 17.7 Å². The van der Waals surface area contributed by atoms with Gasteiger partial charge in [0, 0.05) is 20.0 Å². The van der Waals surface area contributed by atoms with E-state index in [1.54, 1.807) is 36.4 Å². The maximum atomic E-state index is 12.6. The summed E-state index contributed by atoms with van der Waals surface area (Å²) in [6.07, 6.45) is 4.77. The van der Waals surface area contributed by atoms with Gasteiger partial charge < -0.3 is 15.5 Å². The Kier molecular flexibility index (Phi) is 6.28. The molecule has 0 spiro atoms. The number of nitrogens with zero attached hydrogens (tertiary/aromatic N) is 2. The van der Waals surface area contributed by atoms with Gasteiger partial charge in [0.05, 0.1) is 11.6 Å². The highest BCUT2D eigenvalue weighted by molar-refractivity contribution is 5.96. The van der Waals surface area contributed by atoms with E-state index in [1.807, 2.05) is 6.07 Å². The Bertz CT molecular complexity index is 777. The van der Waals surface area contributed by atoms with Crippen LogP contribution in [-0.2, 0) is 20.8 Å². The fourth-order valence-electron chi connectivity index (χ4n) is 2.69. The van der Waals surface area contributed by atoms with E-state index >= 15 is 0 Å². The maximum absolute atomic E-state index is 12.6. The molecule has 134 valence electrons. The quantitative estimate of drug-likeness (QED) is 0.567. The van der Waals surface area contributed by atoms with Gasteiger partial charge >= 0.3 is 0 Å². The predicted molar refractivity (Wildman–Crippen MR) is 95.7 cm³/mol. The average molecular weight is 352 g/mol. The van der Waals surface area contributed by atoms with Crippen LogP contribution in [0.5, 0.6) is 0 Å². The Labute approximate surface area is 152 Å². The van der Waals surface area contributed by atoms with Crippen molar-refractivity contribution in [1.82, 2.24) is 15.5 Å². The van der Waals surface area contributed by atoms with E-state index in [9.17, 15) is 14.4 Å². The van der Waals surface area contributed by atoms with Gasteiger partial charge in [0.15, 0.2) is 0 Å². The number of hydrogen-bond acceptors (Lipinski definition) is 4. The van der Waals surface area contributed by atoms with Crippen LogP contribution in [-0.4, -0.2) is 48.3 Å². The second kappa shape index (κ2) is 8.62. The normalized spacial score (nSPS) is 16.5. The van der Waals surface area contributed by atoms with E-state index in [2.05, 4.69) is 17.2 Å². The van der Waals surface area contributed by atoms with Gasteiger partial charge in [-0.3, -0.25) is 14.4 Å². The summed E-state index contributed by atoms with van der Waals surface area (Å²) in [5.41, 5.74) is 1.32. The van der Waals surface area contributed by atoms with Gasteiger partial charge in [-0.2, -0.15) is 5.26 Å². The highest BCUT2D eigenvalue weighted by Gasteiger charge is 2.31. The van der Waals surface area contributed by atoms with Crippen LogP contribution in [0.4, 0.5) is 0 Å². The first-order valence-corrected chi connectivity index (χ1v) is 8.11. The zero-order valence-electron chi connectivity index (χ0n) is 14.4. The minimum Gasteiger partial charge on any atom is -0.357 e. The summed E-state index contributed by atoms with van der Waals surface area (Å²) in [6.45, 7) is 3.76. The van der Waals surface area contributed by atoms with Crippen molar-refractivity contribution in [3.8, 4) is 6.07 Å². The minimum absolute atomic E-state index is 0.267. The van der Waals surface area contributed by atoms with Crippen LogP contribution in [0.1, 0.15) is 11.1 Å². The van der Waals surface area contributed by atoms with Gasteiger partial charge in [-0.15, -0.1) is 0 Å². The zero-order chi connectivity index (χ0) is 19.1. The molecule has 2 rings (SSSR count). The predicted octanol–water partition coefficient (Wildman–Crippen LogP) is 0.285. The Hall–Kier alpha value is -3.40. The molecule has 0 aliphatic carbocycles. The number of nitriles is 1. The summed E-state index contributed by atoms with van der Waals surface area (Å²) in [5, 5.41) is 14.1. The number of nitrogens with one attached hydrogen (secondary N) is 2. The van der Waals surface area contributed by atoms with Crippen LogP contribution in [0.2, 0.25) is 0 Å². The molecule has 0 unspecified atom stereocenters. The van der Waals surface area contributed by atoms with E-state index in [0.29, 0.717) is 12.1 Å². The first-order chi connectivity index (χ1) is 12.5. The lowest BCUT2D eigenvalue weighted by molar-refractivity contribution is -0.135. The molecule has 0 saturated carbocycles. The van der Waals surface area contributed by atoms with Crippen LogP contribution in [0.3, 0.4) is 0 Å². The molecule has 1 aromatic rings. The fourth-order valence-corrected chi connectivity index (χ4v) is 2.69. The third kappa shape index (κ3) is 4.36. The largest absolute Gasteiger partial charge is 0.357 e. The number of rotatable bonds is 6. The number of carbonyl (C=O) groups is 3. The summed E-state index contributed by atoms with van der Waals surface area (Å²) in [7, 11) is 1.49. The number of carbonyl (C=O) groups excluding carboxylic acids is 3. The molecular weight excluding hydrogens is 332 g/mol. The van der Waals surface area contributed by atoms with Crippen LogP contribution >= 0.6 is 0 Å². The molecule has 1 aliphatic rings. The molecule has 0 saturated heterocycles. The molecule has 1 aliphatic heterocycles. The van der Waals surface area contributed by atoms with Crippen molar-refractivity contribution in [2.75, 3.05) is 13.6 Å². The van der Waals surface area contributed by atoms with Crippen molar-refractivity contribution in [3.63, 3.8) is 0 Å². The molecule has 0 radical (unpaired) electrons. The highest BCUT2D eigenvalue weighted by Crippen LogP contribution is 2.12. The van der Waals surface area contributed by atoms with Crippen LogP contribution in [0, 0.1) is 11.3 Å². The molecular formula is C19H20N4O3. The van der Waals surface area contributed by atoms with E-state index in [0.717, 1.165) is 11.6 Å². The first kappa shape index (κ1) is 18.9. The Morgan fingerprint density at radius 1 is 1.38 bits per heavy atom. The van der Waals surface area contributed by atoms with Crippen LogP contribution < -0.4 is 10.6 Å². The lowest BCUT2D eigenvalue weighted by Crippen LogP contribution is -2.53. The third-order valence-electron chi connectivity index (χ3n) is 4.08. The Morgan fingerprint density at radius 2 is 2.08 bits per heavy atom. The van der Waals surface area contributed by atoms with Gasteiger partial charge in [-0.25, -0.2) is 0 Å². The Balaban J connectivity index is 2.11. The molecule has 2 N–H and O–H groups in total. The monoisotopic (exact) mass is 352 g/mol. The molecule has 7 nitrogen and oxygen atoms in total. The molecule has 1 heterocycles. The summed E-state index contributed by atoms with van der Waals surface area (Å²) in [4.78, 5) is 38.0. The summed E-state index contributed by atoms with van der Waals surface area (Å²) in [6, 6.07) is 7.25. The third-order valence-corrected chi connectivity index (χ3v) is 4.08. The lowest BCUT2D eigenvalue weighted by atomic mass is 10.0. The van der Waals surface area contributed by atoms with Gasteiger partial charge in [-0.05, 0) is 23.8 Å². The van der Waals surface area contributed by atoms with Crippen LogP contribution in [0.25, 0.3) is 0 Å². The van der Waals surface area contributed by atoms with E-state index < -0.39 is 18.0 Å². The number of benzene rings is 1. The highest BCUT2D eigenvalue weighted by atomic mass is 16.2. The Morgan fingerprint density at radius 3 is 2.65 bits per heavy atom. The standard InChI is InChI=1S/C19H20N4O3/c1-3-17(24)23-10-4-5-16(23)19(26)22-15(18(25)21-2)11-13-6-8-14(12-20)9-7-13/h3-9,15-16H,1,10-11H2,2H3,(H,21,25)(H,22,26)/t15-,16-/m0/s1. The zero-order valence-corrected chi connectivity index (χ0v) is 14.4. The van der Waals surface area contributed by atoms with Gasteiger partial charge in [0.25, 0.3) is 0 Å². The molecule has 0 fully saturated rings. The molecule has 2 atom stereocenters. The van der Waals surface area contributed by atoms with Crippen molar-refractivity contribution in [1.29, 1.82) is 5.26 Å². The van der Waals surface area contributed by atoms with Crippen molar-refractivity contribution in [3.05, 3.63) is 60.2 Å². The first-order valence-electron chi connectivity index (χ1n) is 8.11. The van der Waals surface area contributed by atoms with E-state index in [1.165, 1.54) is 11.9 Å². The number of hydrogen-bond donors (Lipinski definition) is 2. The number of likely N-dealkylation sites (N-methyl/N-ethyl adjacent to an activating group) is 1. The molecule has 1 aromatic carbocycles. The van der Waals surface area contributed by atoms with Crippen molar-refractivity contribution in [2.45, 2.75) is 18.5 Å². The molecule has 7 heteroatoms. The van der Waals surface area contributed by atoms with Crippen LogP contribution in [0.15, 0.2) is 49.1 Å². The maximum Gasteiger partial charge on any atom is 0.247 e. The lowest BCUT2D eigenvalue weighted by Gasteiger charge is -2.25. The minimum atomic E-state index is -0.796. The van der Waals surface area contributed by atoms with E-state index in [4.69, 9.17) is 5.26 Å². The second-order valence-corrected chi connectivity index (χ2v) is 5.76. The topological polar surface area (TPSA) is 102 Å². The molecule has 0 bridgehead atoms.